The molecule has 0 unspecified atom stereocenters. The van der Waals surface area contributed by atoms with E-state index in [0.717, 1.165) is 24.7 Å². The third-order valence-electron chi connectivity index (χ3n) is 1.66. The van der Waals surface area contributed by atoms with Crippen molar-refractivity contribution in [2.24, 2.45) is 0 Å². The molecule has 72 valence electrons. The third kappa shape index (κ3) is 2.91. The summed E-state index contributed by atoms with van der Waals surface area (Å²) in [4.78, 5) is 4.16. The first-order chi connectivity index (χ1) is 6.38. The Morgan fingerprint density at radius 1 is 1.46 bits per heavy atom. The molecule has 4 heteroatoms. The molecule has 1 aromatic heterocycles. The van der Waals surface area contributed by atoms with Crippen molar-refractivity contribution in [3.05, 3.63) is 18.3 Å². The molecular weight excluding hydrogens is 166 g/mol. The van der Waals surface area contributed by atoms with Crippen LogP contribution in [0.1, 0.15) is 0 Å². The van der Waals surface area contributed by atoms with Crippen molar-refractivity contribution in [2.45, 2.75) is 0 Å². The summed E-state index contributed by atoms with van der Waals surface area (Å²) in [5, 5.41) is 6.21. The van der Waals surface area contributed by atoms with Gasteiger partial charge in [-0.15, -0.1) is 0 Å². The number of pyridine rings is 1. The third-order valence-corrected chi connectivity index (χ3v) is 1.66. The molecule has 0 saturated heterocycles. The number of likely N-dealkylation sites (N-methyl/N-ethyl adjacent to an activating group) is 1. The molecule has 0 radical (unpaired) electrons. The van der Waals surface area contributed by atoms with Crippen LogP contribution in [0.25, 0.3) is 0 Å². The number of anilines is 1. The zero-order chi connectivity index (χ0) is 9.52. The van der Waals surface area contributed by atoms with Gasteiger partial charge in [0.05, 0.1) is 7.11 Å². The van der Waals surface area contributed by atoms with E-state index >= 15 is 0 Å². The van der Waals surface area contributed by atoms with Crippen LogP contribution >= 0.6 is 0 Å². The maximum Gasteiger partial charge on any atom is 0.168 e. The first-order valence-electron chi connectivity index (χ1n) is 4.26. The van der Waals surface area contributed by atoms with E-state index in [1.807, 2.05) is 19.2 Å². The van der Waals surface area contributed by atoms with Crippen molar-refractivity contribution >= 4 is 5.82 Å². The van der Waals surface area contributed by atoms with Gasteiger partial charge in [-0.25, -0.2) is 4.98 Å². The predicted molar refractivity (Wildman–Crippen MR) is 53.2 cm³/mol. The summed E-state index contributed by atoms with van der Waals surface area (Å²) in [6.07, 6.45) is 1.74. The van der Waals surface area contributed by atoms with Gasteiger partial charge in [0.15, 0.2) is 11.6 Å². The van der Waals surface area contributed by atoms with E-state index in [1.54, 1.807) is 13.3 Å². The Morgan fingerprint density at radius 3 is 3.00 bits per heavy atom. The number of hydrogen-bond donors (Lipinski definition) is 2. The molecule has 0 bridgehead atoms. The average molecular weight is 181 g/mol. The largest absolute Gasteiger partial charge is 0.493 e. The Labute approximate surface area is 78.3 Å². The molecule has 0 atom stereocenters. The van der Waals surface area contributed by atoms with Crippen LogP contribution in [0.2, 0.25) is 0 Å². The van der Waals surface area contributed by atoms with E-state index in [1.165, 1.54) is 0 Å². The number of aromatic nitrogens is 1. The second-order valence-electron chi connectivity index (χ2n) is 2.58. The molecular formula is C9H15N3O. The van der Waals surface area contributed by atoms with Crippen molar-refractivity contribution in [1.29, 1.82) is 0 Å². The molecule has 2 N–H and O–H groups in total. The molecule has 0 spiro atoms. The topological polar surface area (TPSA) is 46.2 Å². The summed E-state index contributed by atoms with van der Waals surface area (Å²) in [6.45, 7) is 1.74. The van der Waals surface area contributed by atoms with Crippen molar-refractivity contribution in [1.82, 2.24) is 10.3 Å². The standard InChI is InChI=1S/C9H15N3O/c1-10-6-7-12-9-8(13-2)4-3-5-11-9/h3-5,10H,6-7H2,1-2H3,(H,11,12). The van der Waals surface area contributed by atoms with E-state index in [4.69, 9.17) is 4.74 Å². The van der Waals surface area contributed by atoms with E-state index in [0.29, 0.717) is 0 Å². The van der Waals surface area contributed by atoms with Crippen molar-refractivity contribution < 1.29 is 4.74 Å². The number of nitrogens with one attached hydrogen (secondary N) is 2. The molecule has 0 aliphatic carbocycles. The number of hydrogen-bond acceptors (Lipinski definition) is 4. The lowest BCUT2D eigenvalue weighted by molar-refractivity contribution is 0.415. The summed E-state index contributed by atoms with van der Waals surface area (Å²) in [5.74, 6) is 1.57. The second kappa shape index (κ2) is 5.37. The quantitative estimate of drug-likeness (QED) is 0.657. The van der Waals surface area contributed by atoms with E-state index in [9.17, 15) is 0 Å². The molecule has 13 heavy (non-hydrogen) atoms. The summed E-state index contributed by atoms with van der Waals surface area (Å²) in [6, 6.07) is 3.73. The van der Waals surface area contributed by atoms with Crippen LogP contribution in [0.15, 0.2) is 18.3 Å². The number of ether oxygens (including phenoxy) is 1. The van der Waals surface area contributed by atoms with Gasteiger partial charge >= 0.3 is 0 Å². The summed E-state index contributed by atoms with van der Waals surface area (Å²) >= 11 is 0. The Hall–Kier alpha value is -1.29. The first kappa shape index (κ1) is 9.80. The fourth-order valence-corrected chi connectivity index (χ4v) is 0.994. The van der Waals surface area contributed by atoms with Crippen LogP contribution in [0, 0.1) is 0 Å². The minimum Gasteiger partial charge on any atom is -0.493 e. The molecule has 1 aromatic rings. The highest BCUT2D eigenvalue weighted by Crippen LogP contribution is 2.19. The van der Waals surface area contributed by atoms with Crippen LogP contribution in [-0.4, -0.2) is 32.2 Å². The normalized spacial score (nSPS) is 9.69. The number of nitrogens with zero attached hydrogens (tertiary/aromatic N) is 1. The Morgan fingerprint density at radius 2 is 2.31 bits per heavy atom. The van der Waals surface area contributed by atoms with Gasteiger partial charge in [0.25, 0.3) is 0 Å². The highest BCUT2D eigenvalue weighted by Gasteiger charge is 2.00. The van der Waals surface area contributed by atoms with Gasteiger partial charge in [0, 0.05) is 19.3 Å². The van der Waals surface area contributed by atoms with Gasteiger partial charge in [-0.2, -0.15) is 0 Å². The van der Waals surface area contributed by atoms with Crippen LogP contribution < -0.4 is 15.4 Å². The Bertz CT molecular complexity index is 252. The second-order valence-corrected chi connectivity index (χ2v) is 2.58. The molecule has 0 aromatic carbocycles. The van der Waals surface area contributed by atoms with Gasteiger partial charge in [0.1, 0.15) is 0 Å². The summed E-state index contributed by atoms with van der Waals surface area (Å²) in [5.41, 5.74) is 0. The van der Waals surface area contributed by atoms with Crippen molar-refractivity contribution in [3.8, 4) is 5.75 Å². The fourth-order valence-electron chi connectivity index (χ4n) is 0.994. The zero-order valence-electron chi connectivity index (χ0n) is 8.00. The van der Waals surface area contributed by atoms with Gasteiger partial charge < -0.3 is 15.4 Å². The van der Waals surface area contributed by atoms with E-state index in [2.05, 4.69) is 15.6 Å². The van der Waals surface area contributed by atoms with E-state index in [-0.39, 0.29) is 0 Å². The van der Waals surface area contributed by atoms with Gasteiger partial charge in [-0.05, 0) is 19.2 Å². The molecule has 4 nitrogen and oxygen atoms in total. The highest BCUT2D eigenvalue weighted by atomic mass is 16.5. The average Bonchev–Trinajstić information content (AvgIpc) is 2.19. The van der Waals surface area contributed by atoms with Crippen LogP contribution in [0.4, 0.5) is 5.82 Å². The summed E-state index contributed by atoms with van der Waals surface area (Å²) in [7, 11) is 3.55. The highest BCUT2D eigenvalue weighted by molar-refractivity contribution is 5.49. The van der Waals surface area contributed by atoms with Crippen molar-refractivity contribution in [2.75, 3.05) is 32.6 Å². The minimum absolute atomic E-state index is 0.776. The number of rotatable bonds is 5. The SMILES string of the molecule is CNCCNc1ncccc1OC. The van der Waals surface area contributed by atoms with Crippen LogP contribution in [0.3, 0.4) is 0 Å². The molecule has 1 rings (SSSR count). The lowest BCUT2D eigenvalue weighted by atomic mass is 10.4. The Balaban J connectivity index is 2.54. The van der Waals surface area contributed by atoms with Crippen molar-refractivity contribution in [3.63, 3.8) is 0 Å². The molecule has 1 heterocycles. The van der Waals surface area contributed by atoms with Gasteiger partial charge in [0.2, 0.25) is 0 Å². The maximum absolute atomic E-state index is 5.13. The molecule has 0 amide bonds. The fraction of sp³-hybridized carbons (Fsp3) is 0.444. The first-order valence-corrected chi connectivity index (χ1v) is 4.26. The lowest BCUT2D eigenvalue weighted by Gasteiger charge is -2.08. The minimum atomic E-state index is 0.776. The molecule has 0 fully saturated rings. The lowest BCUT2D eigenvalue weighted by Crippen LogP contribution is -2.18. The zero-order valence-corrected chi connectivity index (χ0v) is 8.00. The predicted octanol–water partition coefficient (Wildman–Crippen LogP) is 0.721. The maximum atomic E-state index is 5.13. The monoisotopic (exact) mass is 181 g/mol. The molecule has 0 aliphatic heterocycles. The summed E-state index contributed by atoms with van der Waals surface area (Å²) < 4.78 is 5.13. The van der Waals surface area contributed by atoms with Gasteiger partial charge in [-0.1, -0.05) is 0 Å². The molecule has 0 aliphatic rings. The Kier molecular flexibility index (Phi) is 4.05. The smallest absolute Gasteiger partial charge is 0.168 e. The van der Waals surface area contributed by atoms with E-state index < -0.39 is 0 Å². The van der Waals surface area contributed by atoms with Gasteiger partial charge in [-0.3, -0.25) is 0 Å². The van der Waals surface area contributed by atoms with Crippen LogP contribution in [0.5, 0.6) is 5.75 Å². The number of methoxy groups -OCH3 is 1. The molecule has 0 saturated carbocycles. The van der Waals surface area contributed by atoms with Crippen LogP contribution in [-0.2, 0) is 0 Å².